The molecule has 6 heteroatoms. The summed E-state index contributed by atoms with van der Waals surface area (Å²) in [6, 6.07) is 2.58. The number of hydrogen-bond donors (Lipinski definition) is 0. The van der Waals surface area contributed by atoms with Gasteiger partial charge in [-0.1, -0.05) is 6.42 Å². The molecule has 2 atom stereocenters. The van der Waals surface area contributed by atoms with Crippen LogP contribution >= 0.6 is 0 Å². The molecule has 0 saturated carbocycles. The Morgan fingerprint density at radius 3 is 2.54 bits per heavy atom. The molecule has 142 valence electrons. The summed E-state index contributed by atoms with van der Waals surface area (Å²) in [6.07, 6.45) is 12.0. The second-order valence-corrected chi connectivity index (χ2v) is 7.96. The van der Waals surface area contributed by atoms with Crippen molar-refractivity contribution >= 4 is 11.9 Å². The highest BCUT2D eigenvalue weighted by molar-refractivity contribution is 5.76. The Bertz CT molecular complexity index is 585. The molecule has 1 amide bonds. The van der Waals surface area contributed by atoms with Crippen LogP contribution < -0.4 is 4.90 Å². The van der Waals surface area contributed by atoms with Gasteiger partial charge in [-0.3, -0.25) is 4.79 Å². The van der Waals surface area contributed by atoms with Crippen LogP contribution in [0, 0.1) is 5.92 Å². The molecule has 0 radical (unpaired) electrons. The Morgan fingerprint density at radius 2 is 1.73 bits per heavy atom. The van der Waals surface area contributed by atoms with Gasteiger partial charge >= 0.3 is 0 Å². The van der Waals surface area contributed by atoms with Crippen molar-refractivity contribution in [3.8, 4) is 0 Å². The molecule has 0 aromatic carbocycles. The maximum atomic E-state index is 12.7. The molecule has 0 aliphatic carbocycles. The van der Waals surface area contributed by atoms with E-state index in [-0.39, 0.29) is 0 Å². The van der Waals surface area contributed by atoms with Gasteiger partial charge in [0, 0.05) is 51.0 Å². The quantitative estimate of drug-likeness (QED) is 0.827. The van der Waals surface area contributed by atoms with Crippen LogP contribution in [0.25, 0.3) is 0 Å². The van der Waals surface area contributed by atoms with Gasteiger partial charge < -0.3 is 14.7 Å². The van der Waals surface area contributed by atoms with Gasteiger partial charge in [0.15, 0.2) is 0 Å². The Morgan fingerprint density at radius 1 is 0.962 bits per heavy atom. The maximum Gasteiger partial charge on any atom is 0.225 e. The van der Waals surface area contributed by atoms with E-state index < -0.39 is 0 Å². The van der Waals surface area contributed by atoms with Crippen LogP contribution in [0.5, 0.6) is 0 Å². The number of hydrogen-bond acceptors (Lipinski definition) is 5. The number of piperidine rings is 2. The largest absolute Gasteiger partial charge is 0.339 e. The van der Waals surface area contributed by atoms with Gasteiger partial charge in [-0.25, -0.2) is 9.97 Å². The third-order valence-corrected chi connectivity index (χ3v) is 6.42. The highest BCUT2D eigenvalue weighted by atomic mass is 16.2. The zero-order chi connectivity index (χ0) is 17.8. The number of nitrogens with zero attached hydrogens (tertiary/aromatic N) is 5. The lowest BCUT2D eigenvalue weighted by molar-refractivity contribution is -0.132. The molecule has 6 nitrogen and oxygen atoms in total. The van der Waals surface area contributed by atoms with Gasteiger partial charge in [-0.15, -0.1) is 0 Å². The molecule has 1 aromatic heterocycles. The average Bonchev–Trinajstić information content (AvgIpc) is 2.73. The average molecular weight is 358 g/mol. The normalized spacial score (nSPS) is 27.2. The second kappa shape index (κ2) is 8.33. The summed E-state index contributed by atoms with van der Waals surface area (Å²) in [7, 11) is 0. The summed E-state index contributed by atoms with van der Waals surface area (Å²) in [4.78, 5) is 28.2. The number of fused-ring (bicyclic) bond motifs is 1. The molecule has 4 heterocycles. The Kier molecular flexibility index (Phi) is 5.68. The summed E-state index contributed by atoms with van der Waals surface area (Å²) in [5.41, 5.74) is 0. The summed E-state index contributed by atoms with van der Waals surface area (Å²) in [6.45, 7) is 5.79. The first-order chi connectivity index (χ1) is 12.8. The Labute approximate surface area is 156 Å². The fourth-order valence-electron chi connectivity index (χ4n) is 4.99. The van der Waals surface area contributed by atoms with E-state index in [9.17, 15) is 4.79 Å². The topological polar surface area (TPSA) is 52.6 Å². The van der Waals surface area contributed by atoms with Crippen LogP contribution in [0.15, 0.2) is 18.5 Å². The number of anilines is 1. The minimum atomic E-state index is 0.339. The molecule has 3 aliphatic rings. The van der Waals surface area contributed by atoms with E-state index in [0.717, 1.165) is 56.9 Å². The van der Waals surface area contributed by atoms with Crippen molar-refractivity contribution in [2.75, 3.05) is 44.2 Å². The minimum absolute atomic E-state index is 0.339. The molecular weight excluding hydrogens is 326 g/mol. The van der Waals surface area contributed by atoms with Gasteiger partial charge in [0.05, 0.1) is 0 Å². The lowest BCUT2D eigenvalue weighted by Gasteiger charge is -2.44. The zero-order valence-corrected chi connectivity index (χ0v) is 15.7. The SMILES string of the molecule is O=C(CC[C@@H]1CCCN2CCCC[C@H]12)N1CCN(c2ncccn2)CC1. The number of rotatable bonds is 4. The van der Waals surface area contributed by atoms with Crippen molar-refractivity contribution in [3.63, 3.8) is 0 Å². The van der Waals surface area contributed by atoms with Crippen LogP contribution in [-0.2, 0) is 4.79 Å². The number of carbonyl (C=O) groups excluding carboxylic acids is 1. The molecule has 3 fully saturated rings. The van der Waals surface area contributed by atoms with Crippen LogP contribution in [-0.4, -0.2) is 71.0 Å². The van der Waals surface area contributed by atoms with Gasteiger partial charge in [0.2, 0.25) is 11.9 Å². The van der Waals surface area contributed by atoms with E-state index in [4.69, 9.17) is 0 Å². The molecule has 0 N–H and O–H groups in total. The molecule has 4 rings (SSSR count). The highest BCUT2D eigenvalue weighted by Crippen LogP contribution is 2.33. The number of aromatic nitrogens is 2. The third kappa shape index (κ3) is 4.00. The van der Waals surface area contributed by atoms with Crippen molar-refractivity contribution in [1.29, 1.82) is 0 Å². The second-order valence-electron chi connectivity index (χ2n) is 7.96. The summed E-state index contributed by atoms with van der Waals surface area (Å²) in [5, 5.41) is 0. The monoisotopic (exact) mass is 357 g/mol. The van der Waals surface area contributed by atoms with Gasteiger partial charge in [0.1, 0.15) is 0 Å². The number of piperazine rings is 1. The molecule has 0 bridgehead atoms. The van der Waals surface area contributed by atoms with Crippen molar-refractivity contribution in [2.45, 2.75) is 51.0 Å². The van der Waals surface area contributed by atoms with Gasteiger partial charge in [-0.2, -0.15) is 0 Å². The fraction of sp³-hybridized carbons (Fsp3) is 0.750. The van der Waals surface area contributed by atoms with Crippen molar-refractivity contribution in [3.05, 3.63) is 18.5 Å². The summed E-state index contributed by atoms with van der Waals surface area (Å²) in [5.74, 6) is 1.85. The fourth-order valence-corrected chi connectivity index (χ4v) is 4.99. The standard InChI is InChI=1S/C20H31N5O/c26-19(8-7-17-5-3-12-23-11-2-1-6-18(17)23)24-13-15-25(16-14-24)20-21-9-4-10-22-20/h4,9-10,17-18H,1-3,5-8,11-16H2/t17-,18+/m0/s1. The van der Waals surface area contributed by atoms with Crippen molar-refractivity contribution in [1.82, 2.24) is 19.8 Å². The first-order valence-electron chi connectivity index (χ1n) is 10.3. The van der Waals surface area contributed by atoms with E-state index in [2.05, 4.69) is 19.8 Å². The summed E-state index contributed by atoms with van der Waals surface area (Å²) < 4.78 is 0. The maximum absolute atomic E-state index is 12.7. The number of carbonyl (C=O) groups is 1. The smallest absolute Gasteiger partial charge is 0.225 e. The summed E-state index contributed by atoms with van der Waals surface area (Å²) >= 11 is 0. The minimum Gasteiger partial charge on any atom is -0.339 e. The van der Waals surface area contributed by atoms with E-state index in [1.54, 1.807) is 12.4 Å². The zero-order valence-electron chi connectivity index (χ0n) is 15.7. The molecule has 1 aromatic rings. The van der Waals surface area contributed by atoms with Crippen LogP contribution in [0.3, 0.4) is 0 Å². The van der Waals surface area contributed by atoms with E-state index in [1.807, 2.05) is 11.0 Å². The van der Waals surface area contributed by atoms with Crippen LogP contribution in [0.1, 0.15) is 44.9 Å². The number of amides is 1. The van der Waals surface area contributed by atoms with E-state index >= 15 is 0 Å². The van der Waals surface area contributed by atoms with Crippen LogP contribution in [0.2, 0.25) is 0 Å². The molecule has 0 spiro atoms. The Hall–Kier alpha value is -1.69. The van der Waals surface area contributed by atoms with E-state index in [0.29, 0.717) is 5.91 Å². The predicted molar refractivity (Wildman–Crippen MR) is 102 cm³/mol. The molecule has 0 unspecified atom stereocenters. The highest BCUT2D eigenvalue weighted by Gasteiger charge is 2.33. The molecule has 26 heavy (non-hydrogen) atoms. The van der Waals surface area contributed by atoms with Gasteiger partial charge in [-0.05, 0) is 57.2 Å². The van der Waals surface area contributed by atoms with Crippen molar-refractivity contribution < 1.29 is 4.79 Å². The predicted octanol–water partition coefficient (Wildman–Crippen LogP) is 2.17. The Balaban J connectivity index is 1.24. The molecular formula is C20H31N5O. The van der Waals surface area contributed by atoms with Crippen LogP contribution in [0.4, 0.5) is 5.95 Å². The lowest BCUT2D eigenvalue weighted by atomic mass is 9.81. The lowest BCUT2D eigenvalue weighted by Crippen LogP contribution is -2.50. The van der Waals surface area contributed by atoms with E-state index in [1.165, 1.54) is 45.2 Å². The third-order valence-electron chi connectivity index (χ3n) is 6.42. The first kappa shape index (κ1) is 17.7. The van der Waals surface area contributed by atoms with Gasteiger partial charge in [0.25, 0.3) is 0 Å². The van der Waals surface area contributed by atoms with Crippen molar-refractivity contribution in [2.24, 2.45) is 5.92 Å². The first-order valence-corrected chi connectivity index (χ1v) is 10.3. The molecule has 3 aliphatic heterocycles. The molecule has 3 saturated heterocycles.